The smallest absolute Gasteiger partial charge is 0.144 e. The number of halogens is 1. The molecule has 0 fully saturated rings. The highest BCUT2D eigenvalue weighted by Gasteiger charge is 2.28. The van der Waals surface area contributed by atoms with Gasteiger partial charge in [-0.15, -0.1) is 0 Å². The van der Waals surface area contributed by atoms with Crippen molar-refractivity contribution in [2.75, 3.05) is 0 Å². The first-order chi connectivity index (χ1) is 7.10. The van der Waals surface area contributed by atoms with Crippen molar-refractivity contribution in [1.82, 2.24) is 0 Å². The normalized spacial score (nSPS) is 14.9. The Morgan fingerprint density at radius 2 is 1.87 bits per heavy atom. The molecule has 0 saturated carbocycles. The molecular formula is C12H11FO2. The molecular weight excluding hydrogens is 195 g/mol. The van der Waals surface area contributed by atoms with Crippen LogP contribution in [-0.4, -0.2) is 5.11 Å². The lowest BCUT2D eigenvalue weighted by Crippen LogP contribution is -2.21. The highest BCUT2D eigenvalue weighted by Crippen LogP contribution is 2.29. The van der Waals surface area contributed by atoms with E-state index in [-0.39, 0.29) is 5.82 Å². The van der Waals surface area contributed by atoms with Crippen molar-refractivity contribution in [2.24, 2.45) is 0 Å². The van der Waals surface area contributed by atoms with E-state index in [1.54, 1.807) is 19.1 Å². The van der Waals surface area contributed by atoms with Gasteiger partial charge in [0, 0.05) is 0 Å². The van der Waals surface area contributed by atoms with Gasteiger partial charge < -0.3 is 9.52 Å². The van der Waals surface area contributed by atoms with E-state index in [0.717, 1.165) is 0 Å². The zero-order chi connectivity index (χ0) is 10.9. The summed E-state index contributed by atoms with van der Waals surface area (Å²) in [6, 6.07) is 9.09. The first-order valence-corrected chi connectivity index (χ1v) is 4.63. The van der Waals surface area contributed by atoms with E-state index in [2.05, 4.69) is 0 Å². The molecule has 1 N–H and O–H groups in total. The van der Waals surface area contributed by atoms with Crippen LogP contribution in [0.1, 0.15) is 18.2 Å². The van der Waals surface area contributed by atoms with Crippen molar-refractivity contribution in [3.63, 3.8) is 0 Å². The van der Waals surface area contributed by atoms with Crippen molar-refractivity contribution in [3.8, 4) is 0 Å². The summed E-state index contributed by atoms with van der Waals surface area (Å²) in [4.78, 5) is 0. The van der Waals surface area contributed by atoms with Crippen LogP contribution in [-0.2, 0) is 5.60 Å². The number of furan rings is 1. The molecule has 1 heterocycles. The Balaban J connectivity index is 2.41. The minimum absolute atomic E-state index is 0.325. The SMILES string of the molecule is C[C@](O)(c1ccc(F)cc1)c1ccco1. The first kappa shape index (κ1) is 9.93. The maximum atomic E-state index is 12.7. The number of rotatable bonds is 2. The second kappa shape index (κ2) is 3.51. The molecule has 0 radical (unpaired) electrons. The van der Waals surface area contributed by atoms with Crippen LogP contribution in [0, 0.1) is 5.82 Å². The Hall–Kier alpha value is -1.61. The number of benzene rings is 1. The van der Waals surface area contributed by atoms with E-state index in [4.69, 9.17) is 4.42 Å². The third kappa shape index (κ3) is 1.78. The van der Waals surface area contributed by atoms with Crippen LogP contribution in [0.25, 0.3) is 0 Å². The monoisotopic (exact) mass is 206 g/mol. The average Bonchev–Trinajstić information content (AvgIpc) is 2.71. The number of hydrogen-bond acceptors (Lipinski definition) is 2. The second-order valence-electron chi connectivity index (χ2n) is 3.56. The molecule has 0 saturated heterocycles. The molecule has 1 aromatic carbocycles. The van der Waals surface area contributed by atoms with Crippen molar-refractivity contribution >= 4 is 0 Å². The summed E-state index contributed by atoms with van der Waals surface area (Å²) in [6.07, 6.45) is 1.49. The third-order valence-corrected chi connectivity index (χ3v) is 2.41. The standard InChI is InChI=1S/C12H11FO2/c1-12(14,11-3-2-8-15-11)9-4-6-10(13)7-5-9/h2-8,14H,1H3/t12-/m0/s1. The van der Waals surface area contributed by atoms with Gasteiger partial charge in [-0.25, -0.2) is 4.39 Å². The zero-order valence-corrected chi connectivity index (χ0v) is 8.27. The third-order valence-electron chi connectivity index (χ3n) is 2.41. The van der Waals surface area contributed by atoms with Crippen LogP contribution < -0.4 is 0 Å². The quantitative estimate of drug-likeness (QED) is 0.819. The fraction of sp³-hybridized carbons (Fsp3) is 0.167. The summed E-state index contributed by atoms with van der Waals surface area (Å²) in [7, 11) is 0. The van der Waals surface area contributed by atoms with E-state index in [9.17, 15) is 9.50 Å². The molecule has 2 rings (SSSR count). The van der Waals surface area contributed by atoms with Gasteiger partial charge in [-0.1, -0.05) is 12.1 Å². The lowest BCUT2D eigenvalue weighted by Gasteiger charge is -2.21. The topological polar surface area (TPSA) is 33.4 Å². The Bertz CT molecular complexity index is 429. The molecule has 0 amide bonds. The fourth-order valence-electron chi connectivity index (χ4n) is 1.47. The van der Waals surface area contributed by atoms with E-state index in [0.29, 0.717) is 11.3 Å². The lowest BCUT2D eigenvalue weighted by atomic mass is 9.93. The van der Waals surface area contributed by atoms with Crippen molar-refractivity contribution in [3.05, 3.63) is 59.8 Å². The summed E-state index contributed by atoms with van der Waals surface area (Å²) < 4.78 is 17.9. The largest absolute Gasteiger partial charge is 0.466 e. The minimum Gasteiger partial charge on any atom is -0.466 e. The summed E-state index contributed by atoms with van der Waals surface area (Å²) in [5.74, 6) is 0.114. The molecule has 15 heavy (non-hydrogen) atoms. The fourth-order valence-corrected chi connectivity index (χ4v) is 1.47. The zero-order valence-electron chi connectivity index (χ0n) is 8.27. The van der Waals surface area contributed by atoms with Gasteiger partial charge in [0.15, 0.2) is 0 Å². The summed E-state index contributed by atoms with van der Waals surface area (Å²) >= 11 is 0. The highest BCUT2D eigenvalue weighted by atomic mass is 19.1. The molecule has 1 atom stereocenters. The van der Waals surface area contributed by atoms with Gasteiger partial charge in [0.1, 0.15) is 17.2 Å². The lowest BCUT2D eigenvalue weighted by molar-refractivity contribution is 0.0767. The van der Waals surface area contributed by atoms with Gasteiger partial charge in [-0.05, 0) is 36.8 Å². The van der Waals surface area contributed by atoms with Gasteiger partial charge in [0.05, 0.1) is 6.26 Å². The molecule has 0 aliphatic rings. The first-order valence-electron chi connectivity index (χ1n) is 4.63. The van der Waals surface area contributed by atoms with Gasteiger partial charge in [-0.3, -0.25) is 0 Å². The second-order valence-corrected chi connectivity index (χ2v) is 3.56. The summed E-state index contributed by atoms with van der Waals surface area (Å²) in [5, 5.41) is 10.2. The van der Waals surface area contributed by atoms with Gasteiger partial charge >= 0.3 is 0 Å². The van der Waals surface area contributed by atoms with E-state index in [1.165, 1.54) is 30.5 Å². The molecule has 78 valence electrons. The van der Waals surface area contributed by atoms with Crippen molar-refractivity contribution < 1.29 is 13.9 Å². The molecule has 0 bridgehead atoms. The Kier molecular flexibility index (Phi) is 2.32. The molecule has 2 nitrogen and oxygen atoms in total. The predicted octanol–water partition coefficient (Wildman–Crippen LogP) is 2.67. The number of aliphatic hydroxyl groups is 1. The molecule has 0 spiro atoms. The van der Waals surface area contributed by atoms with Crippen LogP contribution in [0.3, 0.4) is 0 Å². The average molecular weight is 206 g/mol. The van der Waals surface area contributed by atoms with Crippen LogP contribution in [0.4, 0.5) is 4.39 Å². The summed E-state index contributed by atoms with van der Waals surface area (Å²) in [5.41, 5.74) is -0.629. The van der Waals surface area contributed by atoms with Gasteiger partial charge in [0.25, 0.3) is 0 Å². The highest BCUT2D eigenvalue weighted by molar-refractivity contribution is 5.29. The molecule has 0 aliphatic carbocycles. The van der Waals surface area contributed by atoms with Crippen LogP contribution in [0.15, 0.2) is 47.1 Å². The van der Waals surface area contributed by atoms with E-state index < -0.39 is 5.60 Å². The van der Waals surface area contributed by atoms with Gasteiger partial charge in [-0.2, -0.15) is 0 Å². The minimum atomic E-state index is -1.23. The Labute approximate surface area is 87.0 Å². The van der Waals surface area contributed by atoms with Crippen LogP contribution >= 0.6 is 0 Å². The van der Waals surface area contributed by atoms with Gasteiger partial charge in [0.2, 0.25) is 0 Å². The van der Waals surface area contributed by atoms with E-state index >= 15 is 0 Å². The molecule has 1 aromatic heterocycles. The van der Waals surface area contributed by atoms with Crippen molar-refractivity contribution in [2.45, 2.75) is 12.5 Å². The number of hydrogen-bond donors (Lipinski definition) is 1. The summed E-state index contributed by atoms with van der Waals surface area (Å²) in [6.45, 7) is 1.61. The van der Waals surface area contributed by atoms with E-state index in [1.807, 2.05) is 0 Å². The van der Waals surface area contributed by atoms with Crippen molar-refractivity contribution in [1.29, 1.82) is 0 Å². The predicted molar refractivity (Wildman–Crippen MR) is 53.8 cm³/mol. The van der Waals surface area contributed by atoms with Crippen LogP contribution in [0.5, 0.6) is 0 Å². The van der Waals surface area contributed by atoms with Crippen LogP contribution in [0.2, 0.25) is 0 Å². The Morgan fingerprint density at radius 3 is 2.40 bits per heavy atom. The maximum absolute atomic E-state index is 12.7. The molecule has 2 aromatic rings. The molecule has 0 unspecified atom stereocenters. The maximum Gasteiger partial charge on any atom is 0.144 e. The molecule has 3 heteroatoms. The molecule has 0 aliphatic heterocycles. The Morgan fingerprint density at radius 1 is 1.20 bits per heavy atom.